The summed E-state index contributed by atoms with van der Waals surface area (Å²) in [5, 5.41) is 0. The molecule has 0 aliphatic rings. The summed E-state index contributed by atoms with van der Waals surface area (Å²) in [6.45, 7) is 5.86. The number of carbonyl (C=O) groups excluding carboxylic acids is 1. The van der Waals surface area contributed by atoms with E-state index in [2.05, 4.69) is 15.9 Å². The molecule has 0 spiro atoms. The van der Waals surface area contributed by atoms with Crippen LogP contribution in [0.15, 0.2) is 28.7 Å². The summed E-state index contributed by atoms with van der Waals surface area (Å²) in [4.78, 5) is 11.7. The maximum absolute atomic E-state index is 11.7. The molecule has 0 heterocycles. The van der Waals surface area contributed by atoms with Gasteiger partial charge < -0.3 is 0 Å². The SMILES string of the molecule is CC(C)(C)C(=O)Cc1cccc(Br)c1. The summed E-state index contributed by atoms with van der Waals surface area (Å²) < 4.78 is 1.02. The van der Waals surface area contributed by atoms with Crippen LogP contribution in [0.25, 0.3) is 0 Å². The van der Waals surface area contributed by atoms with Gasteiger partial charge in [-0.25, -0.2) is 0 Å². The van der Waals surface area contributed by atoms with Crippen molar-refractivity contribution in [1.82, 2.24) is 0 Å². The Morgan fingerprint density at radius 3 is 2.50 bits per heavy atom. The standard InChI is InChI=1S/C12H15BrO/c1-12(2,3)11(14)8-9-5-4-6-10(13)7-9/h4-7H,8H2,1-3H3. The molecule has 0 atom stereocenters. The largest absolute Gasteiger partial charge is 0.299 e. The second-order valence-corrected chi connectivity index (χ2v) is 5.40. The molecular weight excluding hydrogens is 240 g/mol. The third-order valence-electron chi connectivity index (χ3n) is 2.09. The van der Waals surface area contributed by atoms with Crippen molar-refractivity contribution in [3.8, 4) is 0 Å². The van der Waals surface area contributed by atoms with Crippen LogP contribution in [0.1, 0.15) is 26.3 Å². The smallest absolute Gasteiger partial charge is 0.142 e. The molecule has 0 aliphatic carbocycles. The van der Waals surface area contributed by atoms with Crippen LogP contribution in [0.2, 0.25) is 0 Å². The summed E-state index contributed by atoms with van der Waals surface area (Å²) in [6.07, 6.45) is 0.517. The molecular formula is C12H15BrO. The number of carbonyl (C=O) groups is 1. The van der Waals surface area contributed by atoms with E-state index in [4.69, 9.17) is 0 Å². The van der Waals surface area contributed by atoms with Crippen molar-refractivity contribution in [3.63, 3.8) is 0 Å². The molecule has 0 N–H and O–H groups in total. The van der Waals surface area contributed by atoms with Crippen LogP contribution in [0.4, 0.5) is 0 Å². The molecule has 76 valence electrons. The van der Waals surface area contributed by atoms with E-state index < -0.39 is 0 Å². The van der Waals surface area contributed by atoms with Gasteiger partial charge in [-0.3, -0.25) is 4.79 Å². The fraction of sp³-hybridized carbons (Fsp3) is 0.417. The lowest BCUT2D eigenvalue weighted by molar-refractivity contribution is -0.125. The molecule has 0 amide bonds. The number of hydrogen-bond acceptors (Lipinski definition) is 1. The van der Waals surface area contributed by atoms with Crippen LogP contribution in [-0.4, -0.2) is 5.78 Å². The van der Waals surface area contributed by atoms with Gasteiger partial charge in [0.25, 0.3) is 0 Å². The fourth-order valence-electron chi connectivity index (χ4n) is 1.10. The van der Waals surface area contributed by atoms with Crippen LogP contribution in [0.5, 0.6) is 0 Å². The summed E-state index contributed by atoms with van der Waals surface area (Å²) in [5.41, 5.74) is 0.821. The van der Waals surface area contributed by atoms with Crippen LogP contribution < -0.4 is 0 Å². The first kappa shape index (κ1) is 11.4. The van der Waals surface area contributed by atoms with E-state index in [0.717, 1.165) is 10.0 Å². The van der Waals surface area contributed by atoms with E-state index in [-0.39, 0.29) is 11.2 Å². The van der Waals surface area contributed by atoms with Crippen LogP contribution in [-0.2, 0) is 11.2 Å². The van der Waals surface area contributed by atoms with Crippen molar-refractivity contribution < 1.29 is 4.79 Å². The van der Waals surface area contributed by atoms with Gasteiger partial charge in [0.2, 0.25) is 0 Å². The minimum absolute atomic E-state index is 0.248. The number of halogens is 1. The molecule has 1 nitrogen and oxygen atoms in total. The Hall–Kier alpha value is -0.630. The molecule has 0 aliphatic heterocycles. The van der Waals surface area contributed by atoms with Gasteiger partial charge in [0.05, 0.1) is 0 Å². The highest BCUT2D eigenvalue weighted by Gasteiger charge is 2.20. The fourth-order valence-corrected chi connectivity index (χ4v) is 1.54. The van der Waals surface area contributed by atoms with Gasteiger partial charge in [-0.05, 0) is 17.7 Å². The third kappa shape index (κ3) is 3.26. The summed E-state index contributed by atoms with van der Waals surface area (Å²) >= 11 is 3.39. The molecule has 1 aromatic rings. The van der Waals surface area contributed by atoms with Gasteiger partial charge in [-0.1, -0.05) is 48.8 Å². The van der Waals surface area contributed by atoms with Gasteiger partial charge in [0.1, 0.15) is 5.78 Å². The molecule has 0 unspecified atom stereocenters. The highest BCUT2D eigenvalue weighted by molar-refractivity contribution is 9.10. The number of rotatable bonds is 2. The minimum Gasteiger partial charge on any atom is -0.299 e. The topological polar surface area (TPSA) is 17.1 Å². The second kappa shape index (κ2) is 4.26. The van der Waals surface area contributed by atoms with Gasteiger partial charge in [-0.2, -0.15) is 0 Å². The average Bonchev–Trinajstić information content (AvgIpc) is 2.02. The average molecular weight is 255 g/mol. The van der Waals surface area contributed by atoms with Crippen LogP contribution >= 0.6 is 15.9 Å². The van der Waals surface area contributed by atoms with E-state index in [9.17, 15) is 4.79 Å². The zero-order valence-electron chi connectivity index (χ0n) is 8.80. The first-order valence-corrected chi connectivity index (χ1v) is 5.46. The van der Waals surface area contributed by atoms with Crippen molar-refractivity contribution in [2.45, 2.75) is 27.2 Å². The number of benzene rings is 1. The highest BCUT2D eigenvalue weighted by Crippen LogP contribution is 2.19. The van der Waals surface area contributed by atoms with E-state index >= 15 is 0 Å². The molecule has 1 aromatic carbocycles. The zero-order chi connectivity index (χ0) is 10.8. The van der Waals surface area contributed by atoms with Crippen molar-refractivity contribution in [2.75, 3.05) is 0 Å². The molecule has 0 radical (unpaired) electrons. The van der Waals surface area contributed by atoms with Gasteiger partial charge >= 0.3 is 0 Å². The van der Waals surface area contributed by atoms with Crippen molar-refractivity contribution in [3.05, 3.63) is 34.3 Å². The maximum atomic E-state index is 11.7. The molecule has 2 heteroatoms. The van der Waals surface area contributed by atoms with E-state index in [1.54, 1.807) is 0 Å². The monoisotopic (exact) mass is 254 g/mol. The first-order chi connectivity index (χ1) is 6.39. The highest BCUT2D eigenvalue weighted by atomic mass is 79.9. The third-order valence-corrected chi connectivity index (χ3v) is 2.58. The van der Waals surface area contributed by atoms with Gasteiger partial charge in [-0.15, -0.1) is 0 Å². The molecule has 0 fully saturated rings. The second-order valence-electron chi connectivity index (χ2n) is 4.48. The van der Waals surface area contributed by atoms with Gasteiger partial charge in [0.15, 0.2) is 0 Å². The quantitative estimate of drug-likeness (QED) is 0.789. The van der Waals surface area contributed by atoms with Crippen molar-refractivity contribution in [1.29, 1.82) is 0 Å². The van der Waals surface area contributed by atoms with Gasteiger partial charge in [0, 0.05) is 16.3 Å². The Kier molecular flexibility index (Phi) is 3.48. The van der Waals surface area contributed by atoms with Crippen LogP contribution in [0, 0.1) is 5.41 Å². The summed E-state index contributed by atoms with van der Waals surface area (Å²) in [6, 6.07) is 7.89. The maximum Gasteiger partial charge on any atom is 0.142 e. The molecule has 0 bridgehead atoms. The van der Waals surface area contributed by atoms with Crippen molar-refractivity contribution >= 4 is 21.7 Å². The Morgan fingerprint density at radius 2 is 2.00 bits per heavy atom. The lowest BCUT2D eigenvalue weighted by Gasteiger charge is -2.16. The lowest BCUT2D eigenvalue weighted by Crippen LogP contribution is -2.21. The molecule has 0 saturated carbocycles. The Labute approximate surface area is 93.7 Å². The van der Waals surface area contributed by atoms with E-state index in [1.165, 1.54) is 0 Å². The molecule has 0 aromatic heterocycles. The lowest BCUT2D eigenvalue weighted by atomic mass is 9.87. The van der Waals surface area contributed by atoms with E-state index in [1.807, 2.05) is 45.0 Å². The number of Topliss-reactive ketones (excluding diaryl/α,β-unsaturated/α-hetero) is 1. The number of ketones is 1. The minimum atomic E-state index is -0.248. The van der Waals surface area contributed by atoms with Crippen molar-refractivity contribution in [2.24, 2.45) is 5.41 Å². The summed E-state index contributed by atoms with van der Waals surface area (Å²) in [7, 11) is 0. The predicted molar refractivity (Wildman–Crippen MR) is 62.3 cm³/mol. The number of hydrogen-bond donors (Lipinski definition) is 0. The predicted octanol–water partition coefficient (Wildman–Crippen LogP) is 3.61. The summed E-state index contributed by atoms with van der Waals surface area (Å²) in [5.74, 6) is 0.274. The first-order valence-electron chi connectivity index (χ1n) is 4.67. The Balaban J connectivity index is 2.75. The van der Waals surface area contributed by atoms with E-state index in [0.29, 0.717) is 6.42 Å². The molecule has 1 rings (SSSR count). The Morgan fingerprint density at radius 1 is 1.36 bits per heavy atom. The zero-order valence-corrected chi connectivity index (χ0v) is 10.4. The van der Waals surface area contributed by atoms with Crippen LogP contribution in [0.3, 0.4) is 0 Å². The Bertz CT molecular complexity index is 336. The molecule has 0 saturated heterocycles. The normalized spacial score (nSPS) is 11.4. The molecule has 14 heavy (non-hydrogen) atoms.